The van der Waals surface area contributed by atoms with Crippen molar-refractivity contribution < 1.29 is 9.59 Å². The highest BCUT2D eigenvalue weighted by Crippen LogP contribution is 2.23. The highest BCUT2D eigenvalue weighted by Gasteiger charge is 2.27. The number of amides is 1. The van der Waals surface area contributed by atoms with Crippen LogP contribution in [0.15, 0.2) is 11.4 Å². The average Bonchev–Trinajstić information content (AvgIpc) is 2.87. The number of rotatable bonds is 3. The minimum Gasteiger partial charge on any atom is -0.338 e. The van der Waals surface area contributed by atoms with E-state index in [0.717, 1.165) is 25.9 Å². The average molecular weight is 317 g/mol. The van der Waals surface area contributed by atoms with Crippen LogP contribution in [0.3, 0.4) is 0 Å². The topological polar surface area (TPSA) is 63.4 Å². The van der Waals surface area contributed by atoms with Gasteiger partial charge in [-0.05, 0) is 38.7 Å². The van der Waals surface area contributed by atoms with E-state index in [2.05, 4.69) is 0 Å². The Labute approximate surface area is 129 Å². The number of halogens is 1. The summed E-state index contributed by atoms with van der Waals surface area (Å²) in [6, 6.07) is 1.82. The molecule has 1 aromatic rings. The third kappa shape index (κ3) is 3.81. The minimum atomic E-state index is 0. The molecule has 6 heteroatoms. The van der Waals surface area contributed by atoms with Gasteiger partial charge >= 0.3 is 0 Å². The number of carbonyl (C=O) groups is 2. The second kappa shape index (κ2) is 7.20. The van der Waals surface area contributed by atoms with Crippen molar-refractivity contribution in [3.8, 4) is 0 Å². The Kier molecular flexibility index (Phi) is 6.17. The lowest BCUT2D eigenvalue weighted by Crippen LogP contribution is -2.44. The monoisotopic (exact) mass is 316 g/mol. The van der Waals surface area contributed by atoms with Crippen molar-refractivity contribution in [2.75, 3.05) is 13.1 Å². The van der Waals surface area contributed by atoms with E-state index in [1.807, 2.05) is 11.8 Å². The fourth-order valence-electron chi connectivity index (χ4n) is 2.41. The normalized spacial score (nSPS) is 20.1. The van der Waals surface area contributed by atoms with Gasteiger partial charge in [-0.2, -0.15) is 0 Å². The predicted octanol–water partition coefficient (Wildman–Crippen LogP) is 2.57. The second-order valence-electron chi connectivity index (χ2n) is 5.27. The SMILES string of the molecule is CC(=O)c1csc(C(=O)N2CCCC(C(C)N)C2)c1.Cl. The van der Waals surface area contributed by atoms with Crippen LogP contribution in [-0.4, -0.2) is 35.7 Å². The predicted molar refractivity (Wildman–Crippen MR) is 83.8 cm³/mol. The van der Waals surface area contributed by atoms with E-state index in [9.17, 15) is 9.59 Å². The lowest BCUT2D eigenvalue weighted by molar-refractivity contribution is 0.0666. The summed E-state index contributed by atoms with van der Waals surface area (Å²) in [5, 5.41) is 1.75. The number of Topliss-reactive ketones (excluding diaryl/α,β-unsaturated/α-hetero) is 1. The van der Waals surface area contributed by atoms with E-state index in [1.165, 1.54) is 18.3 Å². The molecule has 112 valence electrons. The fraction of sp³-hybridized carbons (Fsp3) is 0.571. The van der Waals surface area contributed by atoms with Crippen LogP contribution in [0.5, 0.6) is 0 Å². The van der Waals surface area contributed by atoms with Crippen molar-refractivity contribution in [1.29, 1.82) is 0 Å². The Hall–Kier alpha value is -0.910. The van der Waals surface area contributed by atoms with Crippen LogP contribution in [0.2, 0.25) is 0 Å². The minimum absolute atomic E-state index is 0. The third-order valence-electron chi connectivity index (χ3n) is 3.71. The standard InChI is InChI=1S/C14H20N2O2S.ClH/c1-9(15)11-4-3-5-16(7-11)14(18)13-6-12(8-19-13)10(2)17;/h6,8-9,11H,3-5,7,15H2,1-2H3;1H. The van der Waals surface area contributed by atoms with E-state index < -0.39 is 0 Å². The quantitative estimate of drug-likeness (QED) is 0.872. The zero-order valence-electron chi connectivity index (χ0n) is 11.8. The van der Waals surface area contributed by atoms with Crippen molar-refractivity contribution >= 4 is 35.4 Å². The van der Waals surface area contributed by atoms with Gasteiger partial charge < -0.3 is 10.6 Å². The molecular weight excluding hydrogens is 296 g/mol. The molecule has 0 spiro atoms. The molecule has 0 aromatic carbocycles. The Morgan fingerprint density at radius 2 is 2.20 bits per heavy atom. The number of thiophene rings is 1. The summed E-state index contributed by atoms with van der Waals surface area (Å²) in [4.78, 5) is 26.2. The molecule has 1 fully saturated rings. The molecule has 0 radical (unpaired) electrons. The zero-order chi connectivity index (χ0) is 14.0. The molecular formula is C14H21ClN2O2S. The summed E-state index contributed by atoms with van der Waals surface area (Å²) < 4.78 is 0. The van der Waals surface area contributed by atoms with E-state index in [0.29, 0.717) is 16.4 Å². The molecule has 2 unspecified atom stereocenters. The van der Waals surface area contributed by atoms with Gasteiger partial charge in [-0.3, -0.25) is 9.59 Å². The summed E-state index contributed by atoms with van der Waals surface area (Å²) in [7, 11) is 0. The summed E-state index contributed by atoms with van der Waals surface area (Å²) >= 11 is 1.35. The molecule has 20 heavy (non-hydrogen) atoms. The molecule has 1 saturated heterocycles. The van der Waals surface area contributed by atoms with E-state index >= 15 is 0 Å². The lowest BCUT2D eigenvalue weighted by atomic mass is 9.92. The van der Waals surface area contributed by atoms with Crippen LogP contribution in [0.25, 0.3) is 0 Å². The Morgan fingerprint density at radius 3 is 2.75 bits per heavy atom. The summed E-state index contributed by atoms with van der Waals surface area (Å²) in [5.74, 6) is 0.412. The van der Waals surface area contributed by atoms with Crippen LogP contribution in [0, 0.1) is 5.92 Å². The molecule has 1 aromatic heterocycles. The molecule has 4 nitrogen and oxygen atoms in total. The number of hydrogen-bond donors (Lipinski definition) is 1. The van der Waals surface area contributed by atoms with E-state index in [1.54, 1.807) is 11.4 Å². The number of likely N-dealkylation sites (tertiary alicyclic amines) is 1. The highest BCUT2D eigenvalue weighted by atomic mass is 35.5. The summed E-state index contributed by atoms with van der Waals surface area (Å²) in [6.07, 6.45) is 2.09. The van der Waals surface area contributed by atoms with E-state index in [-0.39, 0.29) is 30.1 Å². The Morgan fingerprint density at radius 1 is 1.50 bits per heavy atom. The number of carbonyl (C=O) groups excluding carboxylic acids is 2. The van der Waals surface area contributed by atoms with Gasteiger partial charge in [-0.1, -0.05) is 0 Å². The van der Waals surface area contributed by atoms with Crippen molar-refractivity contribution in [2.45, 2.75) is 32.7 Å². The third-order valence-corrected chi connectivity index (χ3v) is 4.62. The number of hydrogen-bond acceptors (Lipinski definition) is 4. The number of nitrogens with two attached hydrogens (primary N) is 1. The van der Waals surface area contributed by atoms with Gasteiger partial charge in [-0.15, -0.1) is 23.7 Å². The molecule has 0 aliphatic carbocycles. The molecule has 2 heterocycles. The molecule has 1 amide bonds. The molecule has 1 aliphatic heterocycles. The van der Waals surface area contributed by atoms with Crippen molar-refractivity contribution in [3.63, 3.8) is 0 Å². The zero-order valence-corrected chi connectivity index (χ0v) is 13.4. The highest BCUT2D eigenvalue weighted by molar-refractivity contribution is 7.12. The number of nitrogens with zero attached hydrogens (tertiary/aromatic N) is 1. The maximum absolute atomic E-state index is 12.4. The fourth-order valence-corrected chi connectivity index (χ4v) is 3.33. The van der Waals surface area contributed by atoms with Gasteiger partial charge in [0, 0.05) is 30.1 Å². The van der Waals surface area contributed by atoms with Crippen LogP contribution >= 0.6 is 23.7 Å². The summed E-state index contributed by atoms with van der Waals surface area (Å²) in [6.45, 7) is 5.03. The maximum Gasteiger partial charge on any atom is 0.263 e. The summed E-state index contributed by atoms with van der Waals surface area (Å²) in [5.41, 5.74) is 6.55. The second-order valence-corrected chi connectivity index (χ2v) is 6.18. The molecule has 2 rings (SSSR count). The van der Waals surface area contributed by atoms with E-state index in [4.69, 9.17) is 5.73 Å². The molecule has 0 bridgehead atoms. The van der Waals surface area contributed by atoms with Crippen LogP contribution < -0.4 is 5.73 Å². The van der Waals surface area contributed by atoms with Gasteiger partial charge in [0.1, 0.15) is 0 Å². The lowest BCUT2D eigenvalue weighted by Gasteiger charge is -2.34. The largest absolute Gasteiger partial charge is 0.338 e. The van der Waals surface area contributed by atoms with Gasteiger partial charge in [0.15, 0.2) is 5.78 Å². The van der Waals surface area contributed by atoms with Gasteiger partial charge in [0.05, 0.1) is 4.88 Å². The number of piperidine rings is 1. The van der Waals surface area contributed by atoms with Crippen molar-refractivity contribution in [2.24, 2.45) is 11.7 Å². The van der Waals surface area contributed by atoms with Crippen molar-refractivity contribution in [1.82, 2.24) is 4.90 Å². The molecule has 0 saturated carbocycles. The maximum atomic E-state index is 12.4. The van der Waals surface area contributed by atoms with Crippen LogP contribution in [-0.2, 0) is 0 Å². The Balaban J connectivity index is 0.00000200. The van der Waals surface area contributed by atoms with Crippen molar-refractivity contribution in [3.05, 3.63) is 21.9 Å². The smallest absolute Gasteiger partial charge is 0.263 e. The first-order valence-electron chi connectivity index (χ1n) is 6.63. The molecule has 1 aliphatic rings. The Bertz CT molecular complexity index is 487. The number of ketones is 1. The van der Waals surface area contributed by atoms with Gasteiger partial charge in [-0.25, -0.2) is 0 Å². The van der Waals surface area contributed by atoms with Crippen LogP contribution in [0.4, 0.5) is 0 Å². The first-order valence-corrected chi connectivity index (χ1v) is 7.51. The van der Waals surface area contributed by atoms with Gasteiger partial charge in [0.25, 0.3) is 5.91 Å². The van der Waals surface area contributed by atoms with Crippen LogP contribution in [0.1, 0.15) is 46.7 Å². The molecule has 2 N–H and O–H groups in total. The first kappa shape index (κ1) is 17.1. The molecule has 2 atom stereocenters. The van der Waals surface area contributed by atoms with Gasteiger partial charge in [0.2, 0.25) is 0 Å². The first-order chi connectivity index (χ1) is 8.99.